The number of carbonyl (C=O) groups is 1. The molecule has 0 bridgehead atoms. The predicted molar refractivity (Wildman–Crippen MR) is 80.8 cm³/mol. The summed E-state index contributed by atoms with van der Waals surface area (Å²) in [5, 5.41) is 1.46. The third-order valence-corrected chi connectivity index (χ3v) is 3.85. The zero-order valence-electron chi connectivity index (χ0n) is 14.3. The number of halogens is 7. The zero-order chi connectivity index (χ0) is 19.6. The van der Waals surface area contributed by atoms with Crippen LogP contribution in [0.1, 0.15) is 71.1 Å². The highest BCUT2D eigenvalue weighted by Gasteiger charge is 2.76. The number of unbranched alkanes of at least 4 members (excludes halogenated alkanes) is 9. The number of alkyl halides is 7. The van der Waals surface area contributed by atoms with Crippen molar-refractivity contribution in [1.29, 1.82) is 0 Å². The third kappa shape index (κ3) is 7.81. The fourth-order valence-corrected chi connectivity index (χ4v) is 2.25. The van der Waals surface area contributed by atoms with Gasteiger partial charge in [0, 0.05) is 6.54 Å². The van der Waals surface area contributed by atoms with Crippen LogP contribution in [0.3, 0.4) is 0 Å². The van der Waals surface area contributed by atoms with Gasteiger partial charge in [-0.3, -0.25) is 4.79 Å². The van der Waals surface area contributed by atoms with E-state index in [4.69, 9.17) is 0 Å². The second-order valence-corrected chi connectivity index (χ2v) is 6.08. The van der Waals surface area contributed by atoms with E-state index in [-0.39, 0.29) is 13.0 Å². The molecule has 0 aliphatic carbocycles. The first-order valence-electron chi connectivity index (χ1n) is 8.59. The van der Waals surface area contributed by atoms with Gasteiger partial charge in [-0.05, 0) is 6.42 Å². The maximum atomic E-state index is 13.0. The normalized spacial score (nSPS) is 13.1. The van der Waals surface area contributed by atoms with Crippen LogP contribution in [-0.4, -0.2) is 30.5 Å². The summed E-state index contributed by atoms with van der Waals surface area (Å²) in [7, 11) is 0. The van der Waals surface area contributed by atoms with Crippen LogP contribution in [0, 0.1) is 0 Å². The lowest BCUT2D eigenvalue weighted by Gasteiger charge is -2.27. The molecule has 0 spiro atoms. The molecule has 0 saturated carbocycles. The highest BCUT2D eigenvalue weighted by atomic mass is 19.4. The smallest absolute Gasteiger partial charge is 0.351 e. The molecule has 0 rings (SSSR count). The van der Waals surface area contributed by atoms with Gasteiger partial charge in [-0.25, -0.2) is 0 Å². The van der Waals surface area contributed by atoms with Crippen LogP contribution in [0.15, 0.2) is 0 Å². The molecular weight excluding hydrogens is 355 g/mol. The van der Waals surface area contributed by atoms with Gasteiger partial charge in [0.05, 0.1) is 0 Å². The van der Waals surface area contributed by atoms with Crippen LogP contribution in [-0.2, 0) is 4.79 Å². The van der Waals surface area contributed by atoms with Crippen LogP contribution in [0.5, 0.6) is 0 Å². The molecule has 1 amide bonds. The van der Waals surface area contributed by atoms with Crippen LogP contribution in [0.2, 0.25) is 0 Å². The van der Waals surface area contributed by atoms with Crippen molar-refractivity contribution in [3.63, 3.8) is 0 Å². The first-order valence-corrected chi connectivity index (χ1v) is 8.59. The molecule has 150 valence electrons. The molecule has 0 radical (unpaired) electrons. The van der Waals surface area contributed by atoms with E-state index in [2.05, 4.69) is 6.92 Å². The van der Waals surface area contributed by atoms with Gasteiger partial charge >= 0.3 is 18.0 Å². The Kier molecular flexibility index (Phi) is 10.4. The summed E-state index contributed by atoms with van der Waals surface area (Å²) >= 11 is 0. The van der Waals surface area contributed by atoms with Crippen LogP contribution in [0.25, 0.3) is 0 Å². The van der Waals surface area contributed by atoms with Gasteiger partial charge in [0.15, 0.2) is 0 Å². The maximum Gasteiger partial charge on any atom is 0.460 e. The van der Waals surface area contributed by atoms with Crippen molar-refractivity contribution >= 4 is 5.91 Å². The van der Waals surface area contributed by atoms with E-state index < -0.39 is 23.9 Å². The van der Waals surface area contributed by atoms with Gasteiger partial charge in [-0.1, -0.05) is 64.7 Å². The van der Waals surface area contributed by atoms with Gasteiger partial charge in [0.2, 0.25) is 0 Å². The minimum atomic E-state index is -6.50. The lowest BCUT2D eigenvalue weighted by Crippen LogP contribution is -2.59. The van der Waals surface area contributed by atoms with Gasteiger partial charge in [0.1, 0.15) is 0 Å². The highest BCUT2D eigenvalue weighted by molar-refractivity contribution is 5.84. The number of hydrogen-bond donors (Lipinski definition) is 1. The summed E-state index contributed by atoms with van der Waals surface area (Å²) < 4.78 is 87.1. The molecule has 0 atom stereocenters. The van der Waals surface area contributed by atoms with Gasteiger partial charge in [-0.2, -0.15) is 30.7 Å². The fraction of sp³-hybridized carbons (Fsp3) is 0.938. The summed E-state index contributed by atoms with van der Waals surface area (Å²) in [6.45, 7) is 1.76. The molecule has 2 nitrogen and oxygen atoms in total. The zero-order valence-corrected chi connectivity index (χ0v) is 14.3. The average molecular weight is 381 g/mol. The number of rotatable bonds is 13. The lowest BCUT2D eigenvalue weighted by molar-refractivity contribution is -0.344. The van der Waals surface area contributed by atoms with E-state index in [1.807, 2.05) is 0 Å². The maximum absolute atomic E-state index is 13.0. The van der Waals surface area contributed by atoms with Crippen molar-refractivity contribution in [3.8, 4) is 0 Å². The van der Waals surface area contributed by atoms with E-state index in [9.17, 15) is 35.5 Å². The van der Waals surface area contributed by atoms with Gasteiger partial charge in [-0.15, -0.1) is 0 Å². The van der Waals surface area contributed by atoms with Crippen LogP contribution >= 0.6 is 0 Å². The van der Waals surface area contributed by atoms with E-state index in [1.165, 1.54) is 24.6 Å². The molecule has 0 aromatic heterocycles. The van der Waals surface area contributed by atoms with E-state index in [1.54, 1.807) is 0 Å². The largest absolute Gasteiger partial charge is 0.460 e. The Morgan fingerprint density at radius 3 is 1.52 bits per heavy atom. The predicted octanol–water partition coefficient (Wildman–Crippen LogP) is 5.86. The van der Waals surface area contributed by atoms with Gasteiger partial charge < -0.3 is 5.32 Å². The number of hydrogen-bond acceptors (Lipinski definition) is 1. The number of carbonyl (C=O) groups excluding carboxylic acids is 1. The van der Waals surface area contributed by atoms with E-state index in [0.717, 1.165) is 32.1 Å². The highest BCUT2D eigenvalue weighted by Crippen LogP contribution is 2.46. The van der Waals surface area contributed by atoms with Crippen molar-refractivity contribution in [2.75, 3.05) is 6.54 Å². The molecule has 0 heterocycles. The molecule has 9 heteroatoms. The van der Waals surface area contributed by atoms with Crippen molar-refractivity contribution < 1.29 is 35.5 Å². The van der Waals surface area contributed by atoms with Crippen LogP contribution in [0.4, 0.5) is 30.7 Å². The summed E-state index contributed by atoms with van der Waals surface area (Å²) in [5.74, 6) is -14.8. The fourth-order valence-electron chi connectivity index (χ4n) is 2.25. The Balaban J connectivity index is 3.90. The Labute approximate surface area is 143 Å². The first kappa shape index (κ1) is 24.0. The monoisotopic (exact) mass is 381 g/mol. The van der Waals surface area contributed by atoms with Gasteiger partial charge in [0.25, 0.3) is 5.91 Å². The second-order valence-electron chi connectivity index (χ2n) is 6.08. The van der Waals surface area contributed by atoms with E-state index in [0.29, 0.717) is 6.42 Å². The SMILES string of the molecule is CCCCCCCCCCCCNC(=O)C(F)(F)C(F)(F)C(F)(F)F. The Bertz CT molecular complexity index is 383. The van der Waals surface area contributed by atoms with Crippen molar-refractivity contribution in [3.05, 3.63) is 0 Å². The third-order valence-electron chi connectivity index (χ3n) is 3.85. The second kappa shape index (κ2) is 10.9. The number of nitrogens with one attached hydrogen (secondary N) is 1. The molecule has 0 aliphatic heterocycles. The molecule has 0 fully saturated rings. The standard InChI is InChI=1S/C16H26F7NO/c1-2-3-4-5-6-7-8-9-10-11-12-24-13(25)14(17,18)15(19,20)16(21,22)23/h2-12H2,1H3,(H,24,25). The van der Waals surface area contributed by atoms with Crippen LogP contribution < -0.4 is 5.32 Å². The quantitative estimate of drug-likeness (QED) is 0.314. The number of amides is 1. The summed E-state index contributed by atoms with van der Waals surface area (Å²) in [6.07, 6.45) is 2.92. The first-order chi connectivity index (χ1) is 11.5. The minimum absolute atomic E-state index is 0.245. The summed E-state index contributed by atoms with van der Waals surface area (Å²) in [6, 6.07) is 0. The topological polar surface area (TPSA) is 29.1 Å². The molecule has 0 aliphatic rings. The Hall–Kier alpha value is -1.02. The lowest BCUT2D eigenvalue weighted by atomic mass is 10.1. The average Bonchev–Trinajstić information content (AvgIpc) is 2.51. The molecule has 1 N–H and O–H groups in total. The molecule has 0 unspecified atom stereocenters. The van der Waals surface area contributed by atoms with Crippen molar-refractivity contribution in [2.45, 2.75) is 89.2 Å². The molecular formula is C16H26F7NO. The summed E-state index contributed by atoms with van der Waals surface area (Å²) in [5.41, 5.74) is 0. The Morgan fingerprint density at radius 2 is 1.12 bits per heavy atom. The van der Waals surface area contributed by atoms with Crippen molar-refractivity contribution in [1.82, 2.24) is 5.32 Å². The summed E-state index contributed by atoms with van der Waals surface area (Å²) in [4.78, 5) is 11.0. The Morgan fingerprint density at radius 1 is 0.720 bits per heavy atom. The van der Waals surface area contributed by atoms with Crippen molar-refractivity contribution in [2.24, 2.45) is 0 Å². The molecule has 0 aromatic rings. The molecule has 0 saturated heterocycles. The minimum Gasteiger partial charge on any atom is -0.351 e. The molecule has 25 heavy (non-hydrogen) atoms. The molecule has 0 aromatic carbocycles. The van der Waals surface area contributed by atoms with E-state index >= 15 is 0 Å².